The highest BCUT2D eigenvalue weighted by atomic mass is 32.2. The lowest BCUT2D eigenvalue weighted by atomic mass is 10.1. The number of nitrogens with zero attached hydrogens (tertiary/aromatic N) is 5. The summed E-state index contributed by atoms with van der Waals surface area (Å²) in [5.41, 5.74) is 4.07. The molecule has 1 aliphatic rings. The number of nitrogens with one attached hydrogen (secondary N) is 1. The molecule has 11 heteroatoms. The zero-order valence-electron chi connectivity index (χ0n) is 15.1. The Morgan fingerprint density at radius 2 is 2.03 bits per heavy atom. The fourth-order valence-corrected chi connectivity index (χ4v) is 4.34. The molecular formula is C18H18N6O4S. The first-order valence-electron chi connectivity index (χ1n) is 9.00. The number of ether oxygens (including phenoxy) is 1. The minimum Gasteiger partial charge on any atom is -0.394 e. The summed E-state index contributed by atoms with van der Waals surface area (Å²) in [6.45, 7) is -0.391. The van der Waals surface area contributed by atoms with Crippen LogP contribution in [0.2, 0.25) is 0 Å². The second-order valence-corrected chi connectivity index (χ2v) is 7.74. The predicted molar refractivity (Wildman–Crippen MR) is 104 cm³/mol. The number of hydrogen-bond donors (Lipinski definition) is 4. The van der Waals surface area contributed by atoms with Crippen molar-refractivity contribution >= 4 is 34.0 Å². The predicted octanol–water partition coefficient (Wildman–Crippen LogP) is 0.606. The molecule has 10 nitrogen and oxygen atoms in total. The number of hydrogen-bond acceptors (Lipinski definition) is 9. The van der Waals surface area contributed by atoms with Gasteiger partial charge in [-0.3, -0.25) is 4.57 Å². The van der Waals surface area contributed by atoms with E-state index in [0.29, 0.717) is 21.9 Å². The van der Waals surface area contributed by atoms with Crippen LogP contribution in [0.1, 0.15) is 11.8 Å². The molecule has 29 heavy (non-hydrogen) atoms. The Hall–Kier alpha value is -2.57. The summed E-state index contributed by atoms with van der Waals surface area (Å²) in [5.74, 6) is 0.682. The molecule has 0 radical (unpaired) electrons. The van der Waals surface area contributed by atoms with Crippen LogP contribution in [-0.2, 0) is 10.5 Å². The third kappa shape index (κ3) is 3.16. The quantitative estimate of drug-likeness (QED) is 0.273. The van der Waals surface area contributed by atoms with Gasteiger partial charge in [0, 0.05) is 5.75 Å². The molecule has 5 rings (SSSR count). The Balaban J connectivity index is 1.41. The van der Waals surface area contributed by atoms with E-state index in [1.807, 2.05) is 18.2 Å². The van der Waals surface area contributed by atoms with Crippen molar-refractivity contribution in [3.05, 3.63) is 42.7 Å². The maximum absolute atomic E-state index is 10.3. The van der Waals surface area contributed by atoms with Crippen molar-refractivity contribution in [2.24, 2.45) is 0 Å². The molecule has 4 heterocycles. The molecule has 1 fully saturated rings. The van der Waals surface area contributed by atoms with E-state index >= 15 is 0 Å². The van der Waals surface area contributed by atoms with Crippen molar-refractivity contribution in [2.45, 2.75) is 35.3 Å². The minimum absolute atomic E-state index is 0.391. The van der Waals surface area contributed by atoms with E-state index in [1.54, 1.807) is 10.9 Å². The molecule has 4 atom stereocenters. The van der Waals surface area contributed by atoms with E-state index in [1.165, 1.54) is 24.4 Å². The summed E-state index contributed by atoms with van der Waals surface area (Å²) >= 11 is 1.52. The Kier molecular flexibility index (Phi) is 4.68. The first-order valence-corrected chi connectivity index (χ1v) is 9.99. The summed E-state index contributed by atoms with van der Waals surface area (Å²) in [6, 6.07) is 6.03. The summed E-state index contributed by atoms with van der Waals surface area (Å²) in [7, 11) is 0. The summed E-state index contributed by atoms with van der Waals surface area (Å²) in [5, 5.41) is 30.3. The zero-order chi connectivity index (χ0) is 20.0. The van der Waals surface area contributed by atoms with Gasteiger partial charge in [0.1, 0.15) is 35.2 Å². The lowest BCUT2D eigenvalue weighted by molar-refractivity contribution is -0.0511. The third-order valence-corrected chi connectivity index (χ3v) is 6.03. The van der Waals surface area contributed by atoms with Crippen LogP contribution in [0.25, 0.3) is 22.2 Å². The topological polar surface area (TPSA) is 142 Å². The first-order chi connectivity index (χ1) is 14.2. The van der Waals surface area contributed by atoms with Gasteiger partial charge in [0.2, 0.25) is 0 Å². The van der Waals surface area contributed by atoms with Gasteiger partial charge in [-0.2, -0.15) is 0 Å². The lowest BCUT2D eigenvalue weighted by Gasteiger charge is -2.16. The highest BCUT2D eigenvalue weighted by molar-refractivity contribution is 7.98. The van der Waals surface area contributed by atoms with E-state index < -0.39 is 31.1 Å². The second-order valence-electron chi connectivity index (χ2n) is 6.77. The molecule has 4 aromatic rings. The van der Waals surface area contributed by atoms with Crippen LogP contribution >= 0.6 is 11.8 Å². The fraction of sp³-hybridized carbons (Fsp3) is 0.333. The van der Waals surface area contributed by atoms with Gasteiger partial charge < -0.3 is 25.0 Å². The number of aliphatic hydroxyl groups is 3. The molecule has 1 aromatic carbocycles. The summed E-state index contributed by atoms with van der Waals surface area (Å²) < 4.78 is 7.14. The normalized spacial score (nSPS) is 24.7. The highest BCUT2D eigenvalue weighted by Crippen LogP contribution is 2.33. The average Bonchev–Trinajstić information content (AvgIpc) is 3.44. The van der Waals surface area contributed by atoms with Crippen LogP contribution in [0.15, 0.2) is 42.2 Å². The van der Waals surface area contributed by atoms with Crippen LogP contribution in [-0.4, -0.2) is 69.7 Å². The first kappa shape index (κ1) is 18.5. The smallest absolute Gasteiger partial charge is 0.166 e. The number of rotatable bonds is 5. The van der Waals surface area contributed by atoms with Gasteiger partial charge >= 0.3 is 0 Å². The minimum atomic E-state index is -1.20. The maximum atomic E-state index is 10.3. The Morgan fingerprint density at radius 1 is 1.14 bits per heavy atom. The number of thioether (sulfide) groups is 1. The van der Waals surface area contributed by atoms with Crippen LogP contribution in [0.4, 0.5) is 0 Å². The number of imidazole rings is 2. The molecule has 150 valence electrons. The van der Waals surface area contributed by atoms with E-state index in [-0.39, 0.29) is 0 Å². The number of aromatic nitrogens is 6. The molecule has 4 N–H and O–H groups in total. The fourth-order valence-electron chi connectivity index (χ4n) is 3.46. The zero-order valence-corrected chi connectivity index (χ0v) is 15.9. The molecule has 0 bridgehead atoms. The van der Waals surface area contributed by atoms with Crippen molar-refractivity contribution in [1.82, 2.24) is 29.5 Å². The third-order valence-electron chi connectivity index (χ3n) is 4.98. The van der Waals surface area contributed by atoms with Gasteiger partial charge in [-0.05, 0) is 17.7 Å². The number of fused-ring (bicyclic) bond motifs is 2. The molecule has 0 spiro atoms. The van der Waals surface area contributed by atoms with Crippen molar-refractivity contribution < 1.29 is 20.1 Å². The van der Waals surface area contributed by atoms with E-state index in [0.717, 1.165) is 16.6 Å². The van der Waals surface area contributed by atoms with E-state index in [9.17, 15) is 15.3 Å². The van der Waals surface area contributed by atoms with Crippen molar-refractivity contribution in [3.63, 3.8) is 0 Å². The van der Waals surface area contributed by atoms with Gasteiger partial charge in [-0.1, -0.05) is 17.8 Å². The molecular weight excluding hydrogens is 396 g/mol. The number of aliphatic hydroxyl groups excluding tert-OH is 3. The standard InChI is InChI=1S/C18H18N6O4S/c25-4-12-14(26)15(27)18(28-12)24-8-23-13-16(24)21-7-22-17(13)29-5-9-1-2-10-11(3-9)20-6-19-10/h1-3,6-8,12,14-15,18,25-27H,4-5H2,(H,19,20)/t12-,14-,15-,18-/m1/s1. The van der Waals surface area contributed by atoms with Gasteiger partial charge in [0.05, 0.1) is 30.3 Å². The molecule has 0 unspecified atom stereocenters. The molecule has 1 saturated heterocycles. The van der Waals surface area contributed by atoms with E-state index in [2.05, 4.69) is 24.9 Å². The molecule has 3 aromatic heterocycles. The SMILES string of the molecule is OC[C@H]1O[C@@H](n2cnc3c(SCc4ccc5nc[nH]c5c4)ncnc32)[C@H](O)[C@@H]1O. The van der Waals surface area contributed by atoms with Gasteiger partial charge in [-0.25, -0.2) is 19.9 Å². The summed E-state index contributed by atoms with van der Waals surface area (Å²) in [4.78, 5) is 20.3. The van der Waals surface area contributed by atoms with Crippen LogP contribution in [0.5, 0.6) is 0 Å². The second kappa shape index (κ2) is 7.35. The largest absolute Gasteiger partial charge is 0.394 e. The highest BCUT2D eigenvalue weighted by Gasteiger charge is 2.44. The van der Waals surface area contributed by atoms with Crippen molar-refractivity contribution in [2.75, 3.05) is 6.61 Å². The number of benzene rings is 1. The van der Waals surface area contributed by atoms with Crippen molar-refractivity contribution in [1.29, 1.82) is 0 Å². The van der Waals surface area contributed by atoms with Gasteiger partial charge in [0.15, 0.2) is 11.9 Å². The molecule has 0 aliphatic carbocycles. The monoisotopic (exact) mass is 414 g/mol. The molecule has 0 saturated carbocycles. The number of H-pyrrole nitrogens is 1. The van der Waals surface area contributed by atoms with Crippen LogP contribution in [0.3, 0.4) is 0 Å². The van der Waals surface area contributed by atoms with Gasteiger partial charge in [-0.15, -0.1) is 0 Å². The van der Waals surface area contributed by atoms with Crippen LogP contribution < -0.4 is 0 Å². The lowest BCUT2D eigenvalue weighted by Crippen LogP contribution is -2.33. The molecule has 1 aliphatic heterocycles. The van der Waals surface area contributed by atoms with Crippen molar-refractivity contribution in [3.8, 4) is 0 Å². The number of aromatic amines is 1. The molecule has 0 amide bonds. The Bertz CT molecular complexity index is 1160. The van der Waals surface area contributed by atoms with E-state index in [4.69, 9.17) is 4.74 Å². The Labute approximate surface area is 168 Å². The van der Waals surface area contributed by atoms with Gasteiger partial charge in [0.25, 0.3) is 0 Å². The van der Waals surface area contributed by atoms with Crippen LogP contribution in [0, 0.1) is 0 Å². The average molecular weight is 414 g/mol. The maximum Gasteiger partial charge on any atom is 0.166 e. The Morgan fingerprint density at radius 3 is 2.86 bits per heavy atom. The summed E-state index contributed by atoms with van der Waals surface area (Å²) in [6.07, 6.45) is 0.471.